The summed E-state index contributed by atoms with van der Waals surface area (Å²) >= 11 is 0. The van der Waals surface area contributed by atoms with Gasteiger partial charge in [0.15, 0.2) is 0 Å². The number of amides is 2. The van der Waals surface area contributed by atoms with E-state index in [1.54, 1.807) is 35.4 Å². The number of hydrogen-bond donors (Lipinski definition) is 2. The van der Waals surface area contributed by atoms with Gasteiger partial charge in [-0.05, 0) is 82.2 Å². The van der Waals surface area contributed by atoms with Gasteiger partial charge in [-0.2, -0.15) is 0 Å². The molecule has 0 atom stereocenters. The van der Waals surface area contributed by atoms with Crippen LogP contribution in [-0.4, -0.2) is 58.1 Å². The number of hydrogen-bond acceptors (Lipinski definition) is 7. The summed E-state index contributed by atoms with van der Waals surface area (Å²) in [6.07, 6.45) is 4.99. The molecular weight excluding hydrogens is 462 g/mol. The fraction of sp³-hybridized carbons (Fsp3) is 0.500. The Morgan fingerprint density at radius 1 is 1.14 bits per heavy atom. The molecule has 1 aromatic carbocycles. The van der Waals surface area contributed by atoms with Gasteiger partial charge in [-0.15, -0.1) is 0 Å². The predicted octanol–water partition coefficient (Wildman–Crippen LogP) is 4.61. The number of carbonyl (C=O) groups excluding carboxylic acids is 2. The lowest BCUT2D eigenvalue weighted by Crippen LogP contribution is -2.43. The van der Waals surface area contributed by atoms with E-state index < -0.39 is 10.5 Å². The lowest BCUT2D eigenvalue weighted by molar-refractivity contribution is -0.384. The van der Waals surface area contributed by atoms with Crippen molar-refractivity contribution in [2.24, 2.45) is 5.92 Å². The highest BCUT2D eigenvalue weighted by Gasteiger charge is 2.27. The molecule has 0 bridgehead atoms. The van der Waals surface area contributed by atoms with Crippen LogP contribution < -0.4 is 10.6 Å². The van der Waals surface area contributed by atoms with E-state index in [1.807, 2.05) is 20.8 Å². The number of nitrogens with one attached hydrogen (secondary N) is 2. The molecule has 10 nitrogen and oxygen atoms in total. The molecule has 1 aliphatic carbocycles. The summed E-state index contributed by atoms with van der Waals surface area (Å²) in [7, 11) is 0. The first-order valence-corrected chi connectivity index (χ1v) is 12.4. The zero-order chi connectivity index (χ0) is 25.9. The first-order chi connectivity index (χ1) is 17.1. The first kappa shape index (κ1) is 25.4. The minimum Gasteiger partial charge on any atom is -0.444 e. The second-order valence-corrected chi connectivity index (χ2v) is 10.5. The average Bonchev–Trinajstić information content (AvgIpc) is 3.65. The smallest absolute Gasteiger partial charge is 0.410 e. The highest BCUT2D eigenvalue weighted by atomic mass is 16.6. The molecule has 2 amide bonds. The molecule has 0 unspecified atom stereocenters. The highest BCUT2D eigenvalue weighted by Crippen LogP contribution is 2.33. The Balaban J connectivity index is 1.36. The van der Waals surface area contributed by atoms with Crippen LogP contribution in [0, 0.1) is 16.0 Å². The Labute approximate surface area is 210 Å². The number of pyridine rings is 1. The summed E-state index contributed by atoms with van der Waals surface area (Å²) in [6.45, 7) is 7.09. The first-order valence-electron chi connectivity index (χ1n) is 12.4. The van der Waals surface area contributed by atoms with Gasteiger partial charge in [0, 0.05) is 43.5 Å². The SMILES string of the molecule is CC(C)(C)OC(=O)N1CCC(CNC(=O)c2ccc(-c3ccnc(NC4CC4)c3)c([N+](=O)[O-])c2)CC1. The van der Waals surface area contributed by atoms with Gasteiger partial charge in [-0.25, -0.2) is 9.78 Å². The molecular formula is C26H33N5O5. The van der Waals surface area contributed by atoms with Gasteiger partial charge < -0.3 is 20.3 Å². The van der Waals surface area contributed by atoms with Crippen molar-refractivity contribution in [3.8, 4) is 11.1 Å². The van der Waals surface area contributed by atoms with Crippen molar-refractivity contribution < 1.29 is 19.2 Å². The van der Waals surface area contributed by atoms with E-state index in [-0.39, 0.29) is 29.2 Å². The number of anilines is 1. The van der Waals surface area contributed by atoms with E-state index in [0.717, 1.165) is 25.7 Å². The molecule has 0 radical (unpaired) electrons. The standard InChI is InChI=1S/C26H33N5O5/c1-26(2,3)36-25(33)30-12-9-17(10-13-30)16-28-24(32)19-4-7-21(22(14-19)31(34)35)18-8-11-27-23(15-18)29-20-5-6-20/h4,7-8,11,14-15,17,20H,5-6,9-10,12-13,16H2,1-3H3,(H,27,29)(H,28,32). The number of ether oxygens (including phenoxy) is 1. The number of nitro benzene ring substituents is 1. The van der Waals surface area contributed by atoms with E-state index in [1.165, 1.54) is 6.07 Å². The molecule has 36 heavy (non-hydrogen) atoms. The lowest BCUT2D eigenvalue weighted by atomic mass is 9.96. The quantitative estimate of drug-likeness (QED) is 0.424. The highest BCUT2D eigenvalue weighted by molar-refractivity contribution is 5.96. The molecule has 2 aliphatic rings. The summed E-state index contributed by atoms with van der Waals surface area (Å²) in [6, 6.07) is 8.48. The van der Waals surface area contributed by atoms with Crippen LogP contribution in [-0.2, 0) is 4.74 Å². The number of nitrogens with zero attached hydrogens (tertiary/aromatic N) is 3. The van der Waals surface area contributed by atoms with Crippen molar-refractivity contribution in [3.63, 3.8) is 0 Å². The summed E-state index contributed by atoms with van der Waals surface area (Å²) in [5.41, 5.74) is 0.683. The van der Waals surface area contributed by atoms with E-state index in [0.29, 0.717) is 42.6 Å². The van der Waals surface area contributed by atoms with Gasteiger partial charge in [0.1, 0.15) is 11.4 Å². The molecule has 0 spiro atoms. The van der Waals surface area contributed by atoms with Crippen LogP contribution in [0.5, 0.6) is 0 Å². The maximum atomic E-state index is 12.8. The van der Waals surface area contributed by atoms with Crippen molar-refractivity contribution in [3.05, 3.63) is 52.2 Å². The molecule has 2 aromatic rings. The van der Waals surface area contributed by atoms with E-state index in [4.69, 9.17) is 4.74 Å². The summed E-state index contributed by atoms with van der Waals surface area (Å²) in [5, 5.41) is 18.0. The van der Waals surface area contributed by atoms with Gasteiger partial charge in [0.05, 0.1) is 10.5 Å². The average molecular weight is 496 g/mol. The van der Waals surface area contributed by atoms with Gasteiger partial charge in [-0.3, -0.25) is 14.9 Å². The fourth-order valence-corrected chi connectivity index (χ4v) is 4.17. The van der Waals surface area contributed by atoms with Gasteiger partial charge in [-0.1, -0.05) is 0 Å². The third-order valence-electron chi connectivity index (χ3n) is 6.27. The van der Waals surface area contributed by atoms with Crippen LogP contribution in [0.25, 0.3) is 11.1 Å². The Morgan fingerprint density at radius 2 is 1.86 bits per heavy atom. The van der Waals surface area contributed by atoms with Gasteiger partial charge in [0.2, 0.25) is 0 Å². The zero-order valence-corrected chi connectivity index (χ0v) is 21.0. The number of nitro groups is 1. The van der Waals surface area contributed by atoms with Crippen LogP contribution in [0.15, 0.2) is 36.5 Å². The Morgan fingerprint density at radius 3 is 2.50 bits per heavy atom. The molecule has 1 aliphatic heterocycles. The van der Waals surface area contributed by atoms with Crippen molar-refractivity contribution >= 4 is 23.5 Å². The normalized spacial score (nSPS) is 16.4. The van der Waals surface area contributed by atoms with Crippen molar-refractivity contribution in [1.82, 2.24) is 15.2 Å². The molecule has 10 heteroatoms. The third-order valence-corrected chi connectivity index (χ3v) is 6.27. The van der Waals surface area contributed by atoms with Crippen LogP contribution in [0.3, 0.4) is 0 Å². The number of carbonyl (C=O) groups is 2. The summed E-state index contributed by atoms with van der Waals surface area (Å²) in [4.78, 5) is 42.3. The van der Waals surface area contributed by atoms with Crippen LogP contribution in [0.2, 0.25) is 0 Å². The molecule has 192 valence electrons. The van der Waals surface area contributed by atoms with E-state index in [9.17, 15) is 19.7 Å². The largest absolute Gasteiger partial charge is 0.444 e. The summed E-state index contributed by atoms with van der Waals surface area (Å²) < 4.78 is 5.42. The maximum Gasteiger partial charge on any atom is 0.410 e. The Kier molecular flexibility index (Phi) is 7.42. The summed E-state index contributed by atoms with van der Waals surface area (Å²) in [5.74, 6) is 0.546. The van der Waals surface area contributed by atoms with Crippen LogP contribution in [0.1, 0.15) is 56.8 Å². The molecule has 2 heterocycles. The molecule has 4 rings (SSSR count). The topological polar surface area (TPSA) is 127 Å². The lowest BCUT2D eigenvalue weighted by Gasteiger charge is -2.33. The second kappa shape index (κ2) is 10.5. The number of aromatic nitrogens is 1. The van der Waals surface area contributed by atoms with Crippen molar-refractivity contribution in [2.75, 3.05) is 25.0 Å². The van der Waals surface area contributed by atoms with E-state index in [2.05, 4.69) is 15.6 Å². The third kappa shape index (κ3) is 6.71. The molecule has 1 aromatic heterocycles. The van der Waals surface area contributed by atoms with Gasteiger partial charge in [0.25, 0.3) is 11.6 Å². The van der Waals surface area contributed by atoms with Crippen molar-refractivity contribution in [1.29, 1.82) is 0 Å². The molecule has 2 N–H and O–H groups in total. The fourth-order valence-electron chi connectivity index (χ4n) is 4.17. The van der Waals surface area contributed by atoms with Crippen LogP contribution >= 0.6 is 0 Å². The van der Waals surface area contributed by atoms with Gasteiger partial charge >= 0.3 is 6.09 Å². The number of rotatable bonds is 7. The monoisotopic (exact) mass is 495 g/mol. The second-order valence-electron chi connectivity index (χ2n) is 10.5. The van der Waals surface area contributed by atoms with E-state index >= 15 is 0 Å². The van der Waals surface area contributed by atoms with Crippen molar-refractivity contribution in [2.45, 2.75) is 58.1 Å². The number of piperidine rings is 1. The van der Waals surface area contributed by atoms with Crippen LogP contribution in [0.4, 0.5) is 16.3 Å². The molecule has 1 saturated heterocycles. The minimum absolute atomic E-state index is 0.128. The molecule has 1 saturated carbocycles. The molecule has 2 fully saturated rings. The number of benzene rings is 1. The number of likely N-dealkylation sites (tertiary alicyclic amines) is 1. The Bertz CT molecular complexity index is 1130. The zero-order valence-electron chi connectivity index (χ0n) is 21.0. The maximum absolute atomic E-state index is 12.8. The predicted molar refractivity (Wildman–Crippen MR) is 136 cm³/mol. The Hall–Kier alpha value is -3.69. The minimum atomic E-state index is -0.534.